The van der Waals surface area contributed by atoms with E-state index in [2.05, 4.69) is 31.3 Å². The van der Waals surface area contributed by atoms with Crippen molar-refractivity contribution >= 4 is 55.0 Å². The molecule has 35 heavy (non-hydrogen) atoms. The van der Waals surface area contributed by atoms with Crippen LogP contribution in [0.5, 0.6) is 0 Å². The van der Waals surface area contributed by atoms with E-state index in [1.807, 2.05) is 13.8 Å². The predicted octanol–water partition coefficient (Wildman–Crippen LogP) is 5.69. The summed E-state index contributed by atoms with van der Waals surface area (Å²) in [6.45, 7) is 3.92. The summed E-state index contributed by atoms with van der Waals surface area (Å²) >= 11 is 4.07. The van der Waals surface area contributed by atoms with Gasteiger partial charge in [-0.25, -0.2) is 4.98 Å². The lowest BCUT2D eigenvalue weighted by molar-refractivity contribution is -0.140. The van der Waals surface area contributed by atoms with Gasteiger partial charge in [-0.1, -0.05) is 29.8 Å². The first-order valence-electron chi connectivity index (χ1n) is 10.3. The van der Waals surface area contributed by atoms with Gasteiger partial charge in [0.2, 0.25) is 5.91 Å². The summed E-state index contributed by atoms with van der Waals surface area (Å²) in [6, 6.07) is 7.80. The molecular weight excluding hydrogens is 547 g/mol. The van der Waals surface area contributed by atoms with Crippen LogP contribution >= 0.6 is 27.3 Å². The molecule has 3 aromatic heterocycles. The van der Waals surface area contributed by atoms with Crippen molar-refractivity contribution in [3.63, 3.8) is 0 Å². The molecule has 4 rings (SSSR count). The smallest absolute Gasteiger partial charge is 0.365 e. The third-order valence-electron chi connectivity index (χ3n) is 5.26. The van der Waals surface area contributed by atoms with Gasteiger partial charge in [-0.2, -0.15) is 18.3 Å². The maximum atomic E-state index is 13.6. The molecule has 182 valence electrons. The monoisotopic (exact) mass is 565 g/mol. The molecule has 0 atom stereocenters. The van der Waals surface area contributed by atoms with Gasteiger partial charge in [0.05, 0.1) is 15.9 Å². The number of nitrogens with one attached hydrogen (secondary N) is 1. The molecule has 0 spiro atoms. The van der Waals surface area contributed by atoms with Gasteiger partial charge in [-0.15, -0.1) is 11.3 Å². The first kappa shape index (κ1) is 24.9. The van der Waals surface area contributed by atoms with E-state index in [-0.39, 0.29) is 39.3 Å². The molecule has 12 heteroatoms. The van der Waals surface area contributed by atoms with E-state index in [0.717, 1.165) is 21.8 Å². The number of thiophene rings is 1. The summed E-state index contributed by atoms with van der Waals surface area (Å²) in [7, 11) is 0. The number of benzene rings is 1. The van der Waals surface area contributed by atoms with Gasteiger partial charge >= 0.3 is 6.18 Å². The van der Waals surface area contributed by atoms with Crippen LogP contribution in [0.4, 0.5) is 18.9 Å². The average molecular weight is 566 g/mol. The zero-order valence-electron chi connectivity index (χ0n) is 18.5. The number of anilines is 1. The minimum atomic E-state index is -4.70. The highest BCUT2D eigenvalue weighted by molar-refractivity contribution is 9.10. The van der Waals surface area contributed by atoms with E-state index >= 15 is 0 Å². The molecular formula is C23H19BrF3N5O2S. The SMILES string of the molecule is Cc1ccc(-c2cc(C(F)(F)F)nc3sc(C(N)=O)c(NC(=O)CCn4cc(Br)c(C)n4)c23)cc1. The van der Waals surface area contributed by atoms with Gasteiger partial charge in [0.15, 0.2) is 0 Å². The summed E-state index contributed by atoms with van der Waals surface area (Å²) in [6.07, 6.45) is -2.96. The maximum Gasteiger partial charge on any atom is 0.433 e. The number of aryl methyl sites for hydroxylation is 3. The number of carbonyl (C=O) groups is 2. The number of hydrogen-bond acceptors (Lipinski definition) is 5. The van der Waals surface area contributed by atoms with Crippen LogP contribution in [0.2, 0.25) is 0 Å². The highest BCUT2D eigenvalue weighted by Gasteiger charge is 2.35. The standard InChI is InChI=1S/C23H19BrF3N5O2S/c1-11-3-5-13(6-4-11)14-9-16(23(25,26)27)29-22-18(14)19(20(35-22)21(28)34)30-17(33)7-8-32-10-15(24)12(2)31-32/h3-6,9-10H,7-8H2,1-2H3,(H2,28,34)(H,30,33). The summed E-state index contributed by atoms with van der Waals surface area (Å²) in [5, 5.41) is 7.18. The number of rotatable bonds is 6. The van der Waals surface area contributed by atoms with Crippen LogP contribution in [0.15, 0.2) is 41.0 Å². The number of aromatic nitrogens is 3. The van der Waals surface area contributed by atoms with Crippen molar-refractivity contribution in [1.82, 2.24) is 14.8 Å². The Morgan fingerprint density at radius 3 is 2.46 bits per heavy atom. The Bertz CT molecular complexity index is 1420. The zero-order valence-corrected chi connectivity index (χ0v) is 20.9. The number of fused-ring (bicyclic) bond motifs is 1. The van der Waals surface area contributed by atoms with E-state index in [1.165, 1.54) is 0 Å². The van der Waals surface area contributed by atoms with Crippen LogP contribution in [0.1, 0.15) is 33.0 Å². The van der Waals surface area contributed by atoms with Crippen molar-refractivity contribution < 1.29 is 22.8 Å². The summed E-state index contributed by atoms with van der Waals surface area (Å²) in [5.41, 5.74) is 6.83. The molecule has 0 unspecified atom stereocenters. The van der Waals surface area contributed by atoms with E-state index in [1.54, 1.807) is 35.1 Å². The molecule has 0 radical (unpaired) electrons. The van der Waals surface area contributed by atoms with Gasteiger partial charge in [-0.3, -0.25) is 14.3 Å². The van der Waals surface area contributed by atoms with E-state index < -0.39 is 23.7 Å². The lowest BCUT2D eigenvalue weighted by Crippen LogP contribution is -2.18. The second kappa shape index (κ2) is 9.42. The number of hydrogen-bond donors (Lipinski definition) is 2. The number of primary amides is 1. The topological polar surface area (TPSA) is 103 Å². The molecule has 7 nitrogen and oxygen atoms in total. The quantitative estimate of drug-likeness (QED) is 0.313. The fourth-order valence-corrected chi connectivity index (χ4v) is 4.85. The van der Waals surface area contributed by atoms with E-state index in [4.69, 9.17) is 5.73 Å². The third kappa shape index (κ3) is 5.22. The van der Waals surface area contributed by atoms with Crippen molar-refractivity contribution in [3.8, 4) is 11.1 Å². The van der Waals surface area contributed by atoms with E-state index in [9.17, 15) is 22.8 Å². The fourth-order valence-electron chi connectivity index (χ4n) is 3.52. The fraction of sp³-hybridized carbons (Fsp3) is 0.217. The van der Waals surface area contributed by atoms with Crippen LogP contribution in [0.3, 0.4) is 0 Å². The summed E-state index contributed by atoms with van der Waals surface area (Å²) in [5.74, 6) is -1.33. The van der Waals surface area contributed by atoms with Crippen LogP contribution in [-0.4, -0.2) is 26.6 Å². The third-order valence-corrected chi connectivity index (χ3v) is 7.13. The molecule has 0 aliphatic carbocycles. The number of pyridine rings is 1. The highest BCUT2D eigenvalue weighted by Crippen LogP contribution is 2.43. The zero-order chi connectivity index (χ0) is 25.5. The van der Waals surface area contributed by atoms with E-state index in [0.29, 0.717) is 16.9 Å². The molecule has 0 saturated heterocycles. The molecule has 2 amide bonds. The minimum Gasteiger partial charge on any atom is -0.365 e. The predicted molar refractivity (Wildman–Crippen MR) is 131 cm³/mol. The van der Waals surface area contributed by atoms with Crippen LogP contribution in [0.25, 0.3) is 21.3 Å². The Labute approximate surface area is 210 Å². The lowest BCUT2D eigenvalue weighted by atomic mass is 10.00. The first-order chi connectivity index (χ1) is 16.4. The van der Waals surface area contributed by atoms with Gasteiger partial charge in [0, 0.05) is 24.5 Å². The number of nitrogens with zero attached hydrogens (tertiary/aromatic N) is 3. The maximum absolute atomic E-state index is 13.6. The van der Waals surface area contributed by atoms with Gasteiger partial charge < -0.3 is 11.1 Å². The second-order valence-corrected chi connectivity index (χ2v) is 9.75. The van der Waals surface area contributed by atoms with Crippen LogP contribution in [-0.2, 0) is 17.5 Å². The average Bonchev–Trinajstić information content (AvgIpc) is 3.31. The Balaban J connectivity index is 1.80. The Hall–Kier alpha value is -3.25. The molecule has 0 aliphatic heterocycles. The highest BCUT2D eigenvalue weighted by atomic mass is 79.9. The summed E-state index contributed by atoms with van der Waals surface area (Å²) in [4.78, 5) is 28.6. The molecule has 0 bridgehead atoms. The Morgan fingerprint density at radius 2 is 1.89 bits per heavy atom. The second-order valence-electron chi connectivity index (χ2n) is 7.89. The number of amides is 2. The normalized spacial score (nSPS) is 11.7. The Kier molecular flexibility index (Phi) is 6.69. The molecule has 4 aromatic rings. The van der Waals surface area contributed by atoms with Crippen molar-refractivity contribution in [2.45, 2.75) is 33.0 Å². The van der Waals surface area contributed by atoms with Crippen molar-refractivity contribution in [3.05, 3.63) is 62.8 Å². The number of carbonyl (C=O) groups excluding carboxylic acids is 2. The van der Waals surface area contributed by atoms with Gasteiger partial charge in [0.1, 0.15) is 15.4 Å². The summed E-state index contributed by atoms with van der Waals surface area (Å²) < 4.78 is 43.2. The minimum absolute atomic E-state index is 0.0109. The molecule has 3 heterocycles. The number of nitrogens with two attached hydrogens (primary N) is 1. The van der Waals surface area contributed by atoms with Crippen LogP contribution in [0, 0.1) is 13.8 Å². The first-order valence-corrected chi connectivity index (χ1v) is 12.0. The van der Waals surface area contributed by atoms with Crippen LogP contribution < -0.4 is 11.1 Å². The lowest BCUT2D eigenvalue weighted by Gasteiger charge is -2.13. The van der Waals surface area contributed by atoms with Gasteiger partial charge in [-0.05, 0) is 47.0 Å². The molecule has 0 aliphatic rings. The molecule has 1 aromatic carbocycles. The van der Waals surface area contributed by atoms with Crippen molar-refractivity contribution in [1.29, 1.82) is 0 Å². The molecule has 3 N–H and O–H groups in total. The molecule has 0 fully saturated rings. The number of alkyl halides is 3. The van der Waals surface area contributed by atoms with Gasteiger partial charge in [0.25, 0.3) is 5.91 Å². The Morgan fingerprint density at radius 1 is 1.20 bits per heavy atom. The van der Waals surface area contributed by atoms with Crippen molar-refractivity contribution in [2.75, 3.05) is 5.32 Å². The largest absolute Gasteiger partial charge is 0.433 e. The van der Waals surface area contributed by atoms with Crippen molar-refractivity contribution in [2.24, 2.45) is 5.73 Å². The number of halogens is 4. The molecule has 0 saturated carbocycles.